The predicted octanol–water partition coefficient (Wildman–Crippen LogP) is 1.40. The van der Waals surface area contributed by atoms with Gasteiger partial charge >= 0.3 is 0 Å². The highest BCUT2D eigenvalue weighted by Gasteiger charge is 2.23. The number of fused-ring (bicyclic) bond motifs is 1. The Kier molecular flexibility index (Phi) is 2.66. The molecule has 0 amide bonds. The van der Waals surface area contributed by atoms with Crippen molar-refractivity contribution in [2.24, 2.45) is 5.73 Å². The van der Waals surface area contributed by atoms with Crippen LogP contribution in [0.2, 0.25) is 0 Å². The minimum atomic E-state index is 0.623. The van der Waals surface area contributed by atoms with Gasteiger partial charge in [0.05, 0.1) is 30.3 Å². The number of hydrogen-bond acceptors (Lipinski definition) is 3. The Bertz CT molecular complexity index is 519. The van der Waals surface area contributed by atoms with E-state index < -0.39 is 0 Å². The summed E-state index contributed by atoms with van der Waals surface area (Å²) in [7, 11) is 0. The lowest BCUT2D eigenvalue weighted by atomic mass is 10.2. The number of nitrogens with zero attached hydrogens (tertiary/aromatic N) is 2. The average molecular weight is 229 g/mol. The molecule has 1 aromatic carbocycles. The molecular weight excluding hydrogens is 214 g/mol. The molecule has 0 bridgehead atoms. The van der Waals surface area contributed by atoms with Crippen LogP contribution in [0.25, 0.3) is 5.69 Å². The Morgan fingerprint density at radius 2 is 2.06 bits per heavy atom. The molecule has 17 heavy (non-hydrogen) atoms. The zero-order valence-electron chi connectivity index (χ0n) is 9.60. The van der Waals surface area contributed by atoms with Gasteiger partial charge in [0, 0.05) is 12.0 Å². The summed E-state index contributed by atoms with van der Waals surface area (Å²) in [6.45, 7) is 1.93. The van der Waals surface area contributed by atoms with Crippen LogP contribution in [0, 0.1) is 0 Å². The zero-order chi connectivity index (χ0) is 11.7. The SMILES string of the molecule is NCCc1nn(-c2ccccc2)c2c1COC2. The Morgan fingerprint density at radius 1 is 1.24 bits per heavy atom. The average Bonchev–Trinajstić information content (AvgIpc) is 2.94. The van der Waals surface area contributed by atoms with Gasteiger partial charge in [-0.2, -0.15) is 5.10 Å². The normalized spacial score (nSPS) is 13.9. The van der Waals surface area contributed by atoms with Crippen LogP contribution in [0.3, 0.4) is 0 Å². The summed E-state index contributed by atoms with van der Waals surface area (Å²) in [6, 6.07) is 10.1. The second-order valence-corrected chi connectivity index (χ2v) is 4.15. The van der Waals surface area contributed by atoms with Crippen LogP contribution in [-0.2, 0) is 24.4 Å². The first-order valence-corrected chi connectivity index (χ1v) is 5.83. The molecule has 1 aliphatic heterocycles. The first-order valence-electron chi connectivity index (χ1n) is 5.83. The minimum absolute atomic E-state index is 0.623. The first-order chi connectivity index (χ1) is 8.40. The van der Waals surface area contributed by atoms with Crippen molar-refractivity contribution < 1.29 is 4.74 Å². The van der Waals surface area contributed by atoms with Gasteiger partial charge in [0.2, 0.25) is 0 Å². The van der Waals surface area contributed by atoms with Gasteiger partial charge in [-0.15, -0.1) is 0 Å². The number of rotatable bonds is 3. The number of nitrogens with two attached hydrogens (primary N) is 1. The molecule has 0 atom stereocenters. The van der Waals surface area contributed by atoms with Crippen molar-refractivity contribution in [2.75, 3.05) is 6.54 Å². The van der Waals surface area contributed by atoms with Crippen molar-refractivity contribution in [2.45, 2.75) is 19.6 Å². The molecule has 3 rings (SSSR count). The van der Waals surface area contributed by atoms with Crippen molar-refractivity contribution in [3.05, 3.63) is 47.3 Å². The summed E-state index contributed by atoms with van der Waals surface area (Å²) in [5.74, 6) is 0. The van der Waals surface area contributed by atoms with Gasteiger partial charge in [0.1, 0.15) is 0 Å². The second kappa shape index (κ2) is 4.31. The molecule has 0 saturated heterocycles. The van der Waals surface area contributed by atoms with Gasteiger partial charge in [-0.3, -0.25) is 0 Å². The quantitative estimate of drug-likeness (QED) is 0.865. The maximum atomic E-state index is 5.61. The summed E-state index contributed by atoms with van der Waals surface area (Å²) < 4.78 is 7.48. The van der Waals surface area contributed by atoms with Crippen molar-refractivity contribution in [1.29, 1.82) is 0 Å². The summed E-state index contributed by atoms with van der Waals surface area (Å²) in [6.07, 6.45) is 0.811. The molecule has 2 aromatic rings. The molecule has 1 aliphatic rings. The van der Waals surface area contributed by atoms with Gasteiger partial charge in [0.25, 0.3) is 0 Å². The van der Waals surface area contributed by atoms with Crippen LogP contribution in [0.5, 0.6) is 0 Å². The summed E-state index contributed by atoms with van der Waals surface area (Å²) in [5, 5.41) is 4.65. The van der Waals surface area contributed by atoms with Crippen LogP contribution < -0.4 is 5.73 Å². The van der Waals surface area contributed by atoms with E-state index in [0.29, 0.717) is 19.8 Å². The van der Waals surface area contributed by atoms with E-state index in [1.807, 2.05) is 22.9 Å². The van der Waals surface area contributed by atoms with Crippen molar-refractivity contribution in [1.82, 2.24) is 9.78 Å². The number of ether oxygens (including phenoxy) is 1. The monoisotopic (exact) mass is 229 g/mol. The van der Waals surface area contributed by atoms with E-state index in [1.165, 1.54) is 11.3 Å². The van der Waals surface area contributed by atoms with Crippen LogP contribution in [-0.4, -0.2) is 16.3 Å². The second-order valence-electron chi connectivity index (χ2n) is 4.15. The third kappa shape index (κ3) is 1.75. The molecule has 2 N–H and O–H groups in total. The summed E-state index contributed by atoms with van der Waals surface area (Å²) in [4.78, 5) is 0. The number of benzene rings is 1. The molecule has 4 heteroatoms. The zero-order valence-corrected chi connectivity index (χ0v) is 9.60. The Hall–Kier alpha value is -1.65. The topological polar surface area (TPSA) is 53.1 Å². The van der Waals surface area contributed by atoms with Gasteiger partial charge in [0.15, 0.2) is 0 Å². The Balaban J connectivity index is 2.09. The third-order valence-corrected chi connectivity index (χ3v) is 3.04. The van der Waals surface area contributed by atoms with Crippen molar-refractivity contribution in [3.8, 4) is 5.69 Å². The molecule has 0 radical (unpaired) electrons. The molecule has 0 spiro atoms. The molecule has 0 aliphatic carbocycles. The lowest BCUT2D eigenvalue weighted by molar-refractivity contribution is 0.130. The molecule has 2 heterocycles. The van der Waals surface area contributed by atoms with E-state index in [4.69, 9.17) is 10.5 Å². The van der Waals surface area contributed by atoms with Gasteiger partial charge < -0.3 is 10.5 Å². The standard InChI is InChI=1S/C13H15N3O/c14-7-6-12-11-8-17-9-13(11)16(15-12)10-4-2-1-3-5-10/h1-5H,6-9,14H2. The molecule has 4 nitrogen and oxygen atoms in total. The maximum absolute atomic E-state index is 5.61. The molecule has 1 aromatic heterocycles. The highest BCUT2D eigenvalue weighted by molar-refractivity contribution is 5.38. The van der Waals surface area contributed by atoms with Crippen LogP contribution in [0.15, 0.2) is 30.3 Å². The van der Waals surface area contributed by atoms with E-state index in [-0.39, 0.29) is 0 Å². The van der Waals surface area contributed by atoms with E-state index in [0.717, 1.165) is 17.8 Å². The summed E-state index contributed by atoms with van der Waals surface area (Å²) in [5.41, 5.74) is 10.2. The third-order valence-electron chi connectivity index (χ3n) is 3.04. The lowest BCUT2D eigenvalue weighted by Crippen LogP contribution is -2.06. The van der Waals surface area contributed by atoms with Crippen molar-refractivity contribution >= 4 is 0 Å². The smallest absolute Gasteiger partial charge is 0.0897 e. The van der Waals surface area contributed by atoms with Gasteiger partial charge in [-0.25, -0.2) is 4.68 Å². The fraction of sp³-hybridized carbons (Fsp3) is 0.308. The fourth-order valence-electron chi connectivity index (χ4n) is 2.22. The number of para-hydroxylation sites is 1. The van der Waals surface area contributed by atoms with Crippen LogP contribution in [0.4, 0.5) is 0 Å². The highest BCUT2D eigenvalue weighted by Crippen LogP contribution is 2.26. The number of aromatic nitrogens is 2. The van der Waals surface area contributed by atoms with Gasteiger partial charge in [-0.05, 0) is 18.7 Å². The largest absolute Gasteiger partial charge is 0.370 e. The molecule has 0 fully saturated rings. The predicted molar refractivity (Wildman–Crippen MR) is 64.8 cm³/mol. The minimum Gasteiger partial charge on any atom is -0.370 e. The molecule has 88 valence electrons. The van der Waals surface area contributed by atoms with E-state index >= 15 is 0 Å². The Labute approximate surface area is 100 Å². The fourth-order valence-corrected chi connectivity index (χ4v) is 2.22. The van der Waals surface area contributed by atoms with Crippen molar-refractivity contribution in [3.63, 3.8) is 0 Å². The molecule has 0 unspecified atom stereocenters. The number of hydrogen-bond donors (Lipinski definition) is 1. The Morgan fingerprint density at radius 3 is 2.82 bits per heavy atom. The lowest BCUT2D eigenvalue weighted by Gasteiger charge is -2.04. The highest BCUT2D eigenvalue weighted by atomic mass is 16.5. The van der Waals surface area contributed by atoms with Crippen LogP contribution >= 0.6 is 0 Å². The maximum Gasteiger partial charge on any atom is 0.0897 e. The van der Waals surface area contributed by atoms with E-state index in [1.54, 1.807) is 0 Å². The van der Waals surface area contributed by atoms with E-state index in [9.17, 15) is 0 Å². The molecule has 0 saturated carbocycles. The van der Waals surface area contributed by atoms with Gasteiger partial charge in [-0.1, -0.05) is 18.2 Å². The first kappa shape index (κ1) is 10.5. The summed E-state index contributed by atoms with van der Waals surface area (Å²) >= 11 is 0. The van der Waals surface area contributed by atoms with E-state index in [2.05, 4.69) is 17.2 Å². The van der Waals surface area contributed by atoms with Crippen LogP contribution in [0.1, 0.15) is 17.0 Å². The molecular formula is C13H15N3O.